The number of hydrogen-bond acceptors (Lipinski definition) is 5. The number of nitrogens with one attached hydrogen (secondary N) is 1. The van der Waals surface area contributed by atoms with E-state index in [1.165, 1.54) is 7.11 Å². The zero-order valence-corrected chi connectivity index (χ0v) is 9.56. The molecule has 0 bridgehead atoms. The summed E-state index contributed by atoms with van der Waals surface area (Å²) in [7, 11) is 1.41. The van der Waals surface area contributed by atoms with Crippen LogP contribution in [0.4, 0.5) is 0 Å². The molecule has 0 aromatic rings. The lowest BCUT2D eigenvalue weighted by molar-refractivity contribution is -0.143. The third kappa shape index (κ3) is 2.90. The summed E-state index contributed by atoms with van der Waals surface area (Å²) >= 11 is 1.65. The number of amidine groups is 1. The van der Waals surface area contributed by atoms with Crippen LogP contribution < -0.4 is 5.32 Å². The van der Waals surface area contributed by atoms with Crippen LogP contribution in [0.5, 0.6) is 0 Å². The zero-order chi connectivity index (χ0) is 10.6. The van der Waals surface area contributed by atoms with Crippen molar-refractivity contribution >= 4 is 22.9 Å². The van der Waals surface area contributed by atoms with Crippen molar-refractivity contribution in [1.29, 1.82) is 0 Å². The van der Waals surface area contributed by atoms with Crippen LogP contribution in [0.25, 0.3) is 0 Å². The van der Waals surface area contributed by atoms with Crippen molar-refractivity contribution in [3.63, 3.8) is 0 Å². The molecule has 1 rings (SSSR count). The van der Waals surface area contributed by atoms with E-state index in [-0.39, 0.29) is 17.9 Å². The Morgan fingerprint density at radius 3 is 2.79 bits per heavy atom. The molecule has 1 heterocycles. The molecule has 1 N–H and O–H groups in total. The quantitative estimate of drug-likeness (QED) is 0.711. The fourth-order valence-corrected chi connectivity index (χ4v) is 1.95. The van der Waals surface area contributed by atoms with Gasteiger partial charge in [-0.1, -0.05) is 25.6 Å². The van der Waals surface area contributed by atoms with Crippen LogP contribution in [0, 0.1) is 5.92 Å². The maximum absolute atomic E-state index is 11.4. The first-order chi connectivity index (χ1) is 6.65. The van der Waals surface area contributed by atoms with Crippen LogP contribution >= 0.6 is 11.8 Å². The smallest absolute Gasteiger partial charge is 0.328 e. The number of thioether (sulfide) groups is 1. The van der Waals surface area contributed by atoms with Gasteiger partial charge in [0.15, 0.2) is 5.17 Å². The highest BCUT2D eigenvalue weighted by Gasteiger charge is 2.24. The number of aliphatic imine (C=N–C) groups is 1. The van der Waals surface area contributed by atoms with E-state index >= 15 is 0 Å². The molecule has 0 spiro atoms. The van der Waals surface area contributed by atoms with Crippen LogP contribution in [-0.2, 0) is 9.53 Å². The maximum Gasteiger partial charge on any atom is 0.328 e. The lowest BCUT2D eigenvalue weighted by atomic mass is 10.1. The molecule has 0 aliphatic carbocycles. The molecule has 0 radical (unpaired) electrons. The van der Waals surface area contributed by atoms with Crippen LogP contribution in [0.3, 0.4) is 0 Å². The van der Waals surface area contributed by atoms with Crippen molar-refractivity contribution in [3.05, 3.63) is 0 Å². The summed E-state index contributed by atoms with van der Waals surface area (Å²) < 4.78 is 4.72. The Morgan fingerprint density at radius 1 is 1.64 bits per heavy atom. The van der Waals surface area contributed by atoms with Gasteiger partial charge in [-0.3, -0.25) is 4.99 Å². The number of methoxy groups -OCH3 is 1. The first-order valence-corrected chi connectivity index (χ1v) is 5.65. The Hall–Kier alpha value is -0.710. The maximum atomic E-state index is 11.4. The summed E-state index contributed by atoms with van der Waals surface area (Å²) in [6, 6.07) is -0.288. The zero-order valence-electron chi connectivity index (χ0n) is 8.74. The van der Waals surface area contributed by atoms with E-state index in [1.807, 2.05) is 13.8 Å². The largest absolute Gasteiger partial charge is 0.467 e. The van der Waals surface area contributed by atoms with Crippen molar-refractivity contribution in [2.75, 3.05) is 19.4 Å². The van der Waals surface area contributed by atoms with Crippen molar-refractivity contribution in [3.8, 4) is 0 Å². The standard InChI is InChI=1S/C9H16N2O2S/c1-6(2)7(8(12)13-3)11-9-10-4-5-14-9/h6-7H,4-5H2,1-3H3,(H,10,11). The minimum absolute atomic E-state index is 0.200. The summed E-state index contributed by atoms with van der Waals surface area (Å²) in [6.07, 6.45) is 0. The van der Waals surface area contributed by atoms with Crippen LogP contribution in [0.2, 0.25) is 0 Å². The Kier molecular flexibility index (Phi) is 4.25. The molecule has 1 atom stereocenters. The molecule has 0 amide bonds. The minimum atomic E-state index is -0.288. The highest BCUT2D eigenvalue weighted by atomic mass is 32.2. The lowest BCUT2D eigenvalue weighted by Crippen LogP contribution is -2.43. The number of ether oxygens (including phenoxy) is 1. The molecule has 4 nitrogen and oxygen atoms in total. The van der Waals surface area contributed by atoms with E-state index in [0.717, 1.165) is 17.5 Å². The van der Waals surface area contributed by atoms with Gasteiger partial charge < -0.3 is 10.1 Å². The number of carbonyl (C=O) groups excluding carboxylic acids is 1. The van der Waals surface area contributed by atoms with Crippen LogP contribution in [0.1, 0.15) is 13.8 Å². The second-order valence-corrected chi connectivity index (χ2v) is 4.51. The number of carbonyl (C=O) groups is 1. The molecule has 1 aliphatic heterocycles. The van der Waals surface area contributed by atoms with Gasteiger partial charge in [0.1, 0.15) is 6.04 Å². The number of rotatable bonds is 3. The third-order valence-corrected chi connectivity index (χ3v) is 2.89. The highest BCUT2D eigenvalue weighted by molar-refractivity contribution is 8.14. The molecule has 14 heavy (non-hydrogen) atoms. The SMILES string of the molecule is COC(=O)C(NC1=NCCS1)C(C)C. The molecule has 0 fully saturated rings. The molecular formula is C9H16N2O2S. The van der Waals surface area contributed by atoms with Gasteiger partial charge in [-0.25, -0.2) is 4.79 Å². The predicted octanol–water partition coefficient (Wildman–Crippen LogP) is 0.876. The van der Waals surface area contributed by atoms with E-state index in [9.17, 15) is 4.79 Å². The van der Waals surface area contributed by atoms with E-state index in [4.69, 9.17) is 4.74 Å². The van der Waals surface area contributed by atoms with Gasteiger partial charge in [-0.15, -0.1) is 0 Å². The second-order valence-electron chi connectivity index (χ2n) is 3.42. The predicted molar refractivity (Wildman–Crippen MR) is 58.5 cm³/mol. The van der Waals surface area contributed by atoms with Crippen LogP contribution in [0.15, 0.2) is 4.99 Å². The van der Waals surface area contributed by atoms with Gasteiger partial charge in [0.25, 0.3) is 0 Å². The Bertz CT molecular complexity index is 241. The van der Waals surface area contributed by atoms with E-state index in [1.54, 1.807) is 11.8 Å². The molecule has 5 heteroatoms. The van der Waals surface area contributed by atoms with E-state index in [0.29, 0.717) is 0 Å². The molecule has 0 aromatic carbocycles. The van der Waals surface area contributed by atoms with Gasteiger partial charge in [-0.2, -0.15) is 0 Å². The Balaban J connectivity index is 2.54. The molecule has 1 unspecified atom stereocenters. The monoisotopic (exact) mass is 216 g/mol. The number of nitrogens with zero attached hydrogens (tertiary/aromatic N) is 1. The van der Waals surface area contributed by atoms with Gasteiger partial charge in [0.2, 0.25) is 0 Å². The Labute approximate surface area is 88.5 Å². The van der Waals surface area contributed by atoms with Gasteiger partial charge in [0.05, 0.1) is 13.7 Å². The summed E-state index contributed by atoms with van der Waals surface area (Å²) in [4.78, 5) is 15.6. The fourth-order valence-electron chi connectivity index (χ4n) is 1.18. The van der Waals surface area contributed by atoms with Crippen molar-refractivity contribution < 1.29 is 9.53 Å². The van der Waals surface area contributed by atoms with Crippen LogP contribution in [-0.4, -0.2) is 36.6 Å². The topological polar surface area (TPSA) is 50.7 Å². The molecular weight excluding hydrogens is 200 g/mol. The van der Waals surface area contributed by atoms with Gasteiger partial charge in [0, 0.05) is 5.75 Å². The van der Waals surface area contributed by atoms with E-state index in [2.05, 4.69) is 10.3 Å². The normalized spacial score (nSPS) is 17.9. The van der Waals surface area contributed by atoms with Crippen molar-refractivity contribution in [1.82, 2.24) is 5.32 Å². The van der Waals surface area contributed by atoms with Crippen molar-refractivity contribution in [2.45, 2.75) is 19.9 Å². The Morgan fingerprint density at radius 2 is 2.36 bits per heavy atom. The first-order valence-electron chi connectivity index (χ1n) is 4.66. The molecule has 80 valence electrons. The minimum Gasteiger partial charge on any atom is -0.467 e. The molecule has 1 aliphatic rings. The summed E-state index contributed by atoms with van der Waals surface area (Å²) in [5, 5.41) is 3.96. The van der Waals surface area contributed by atoms with E-state index < -0.39 is 0 Å². The third-order valence-electron chi connectivity index (χ3n) is 1.99. The number of esters is 1. The van der Waals surface area contributed by atoms with Gasteiger partial charge in [-0.05, 0) is 5.92 Å². The molecule has 0 aromatic heterocycles. The first kappa shape index (κ1) is 11.4. The second kappa shape index (κ2) is 5.24. The molecule has 0 saturated heterocycles. The lowest BCUT2D eigenvalue weighted by Gasteiger charge is -2.20. The van der Waals surface area contributed by atoms with Crippen molar-refractivity contribution in [2.24, 2.45) is 10.9 Å². The summed E-state index contributed by atoms with van der Waals surface area (Å²) in [6.45, 7) is 4.79. The fraction of sp³-hybridized carbons (Fsp3) is 0.778. The average molecular weight is 216 g/mol. The summed E-state index contributed by atoms with van der Waals surface area (Å²) in [5.41, 5.74) is 0. The average Bonchev–Trinajstić information content (AvgIpc) is 2.65. The number of hydrogen-bond donors (Lipinski definition) is 1. The highest BCUT2D eigenvalue weighted by Crippen LogP contribution is 2.12. The molecule has 0 saturated carbocycles. The summed E-state index contributed by atoms with van der Waals surface area (Å²) in [5.74, 6) is 0.968. The van der Waals surface area contributed by atoms with Gasteiger partial charge >= 0.3 is 5.97 Å².